The Bertz CT molecular complexity index is 1070. The fourth-order valence-electron chi connectivity index (χ4n) is 3.26. The molecule has 1 aliphatic heterocycles. The number of nitrogens with zero attached hydrogens (tertiary/aromatic N) is 2. The first-order valence-electron chi connectivity index (χ1n) is 9.37. The SMILES string of the molecule is CCS(=O)(=O)N1CCN(C(=O)c2cccc(CS(=O)(=O)c3ccccc3)c2)CC1. The molecule has 1 saturated heterocycles. The van der Waals surface area contributed by atoms with E-state index in [-0.39, 0.29) is 35.4 Å². The van der Waals surface area contributed by atoms with Gasteiger partial charge in [0.05, 0.1) is 16.4 Å². The quantitative estimate of drug-likeness (QED) is 0.688. The molecule has 0 radical (unpaired) electrons. The summed E-state index contributed by atoms with van der Waals surface area (Å²) in [6, 6.07) is 14.8. The highest BCUT2D eigenvalue weighted by Gasteiger charge is 2.28. The van der Waals surface area contributed by atoms with Crippen LogP contribution in [0.4, 0.5) is 0 Å². The van der Waals surface area contributed by atoms with Crippen LogP contribution in [0, 0.1) is 0 Å². The van der Waals surface area contributed by atoms with Crippen LogP contribution in [0.25, 0.3) is 0 Å². The summed E-state index contributed by atoms with van der Waals surface area (Å²) in [6.07, 6.45) is 0. The molecular weight excluding hydrogens is 412 g/mol. The van der Waals surface area contributed by atoms with Gasteiger partial charge in [-0.15, -0.1) is 0 Å². The average Bonchev–Trinajstić information content (AvgIpc) is 2.74. The highest BCUT2D eigenvalue weighted by molar-refractivity contribution is 7.90. The number of carbonyl (C=O) groups is 1. The molecule has 0 N–H and O–H groups in total. The molecule has 0 spiro atoms. The Morgan fingerprint density at radius 2 is 1.55 bits per heavy atom. The summed E-state index contributed by atoms with van der Waals surface area (Å²) in [5, 5.41) is 0. The van der Waals surface area contributed by atoms with Crippen LogP contribution in [-0.4, -0.2) is 63.9 Å². The third-order valence-corrected chi connectivity index (χ3v) is 8.50. The number of piperazine rings is 1. The molecule has 1 amide bonds. The van der Waals surface area contributed by atoms with Gasteiger partial charge in [-0.05, 0) is 36.8 Å². The molecule has 29 heavy (non-hydrogen) atoms. The van der Waals surface area contributed by atoms with E-state index in [2.05, 4.69) is 0 Å². The van der Waals surface area contributed by atoms with Gasteiger partial charge >= 0.3 is 0 Å². The molecule has 7 nitrogen and oxygen atoms in total. The Hall–Kier alpha value is -2.23. The van der Waals surface area contributed by atoms with Crippen LogP contribution < -0.4 is 0 Å². The Balaban J connectivity index is 1.71. The van der Waals surface area contributed by atoms with Crippen molar-refractivity contribution in [1.82, 2.24) is 9.21 Å². The third kappa shape index (κ3) is 5.04. The minimum absolute atomic E-state index is 0.0406. The van der Waals surface area contributed by atoms with Gasteiger partial charge in [-0.3, -0.25) is 4.79 Å². The van der Waals surface area contributed by atoms with Crippen LogP contribution in [0.5, 0.6) is 0 Å². The van der Waals surface area contributed by atoms with Crippen LogP contribution in [0.1, 0.15) is 22.8 Å². The monoisotopic (exact) mass is 436 g/mol. The number of sulfone groups is 1. The predicted molar refractivity (Wildman–Crippen MR) is 111 cm³/mol. The summed E-state index contributed by atoms with van der Waals surface area (Å²) in [7, 11) is -6.77. The maximum atomic E-state index is 12.8. The second kappa shape index (κ2) is 8.64. The second-order valence-electron chi connectivity index (χ2n) is 6.86. The first-order chi connectivity index (χ1) is 13.7. The van der Waals surface area contributed by atoms with Gasteiger partial charge in [-0.25, -0.2) is 16.8 Å². The average molecular weight is 437 g/mol. The lowest BCUT2D eigenvalue weighted by molar-refractivity contribution is 0.0698. The minimum Gasteiger partial charge on any atom is -0.336 e. The molecule has 2 aromatic rings. The highest BCUT2D eigenvalue weighted by atomic mass is 32.2. The normalized spacial score (nSPS) is 16.0. The van der Waals surface area contributed by atoms with E-state index in [4.69, 9.17) is 0 Å². The van der Waals surface area contributed by atoms with Crippen molar-refractivity contribution in [3.63, 3.8) is 0 Å². The van der Waals surface area contributed by atoms with Gasteiger partial charge in [0.25, 0.3) is 5.91 Å². The van der Waals surface area contributed by atoms with Gasteiger partial charge in [0.1, 0.15) is 0 Å². The lowest BCUT2D eigenvalue weighted by Gasteiger charge is -2.33. The molecular formula is C20H24N2O5S2. The van der Waals surface area contributed by atoms with Crippen molar-refractivity contribution in [2.75, 3.05) is 31.9 Å². The number of hydrogen-bond donors (Lipinski definition) is 0. The number of benzene rings is 2. The van der Waals surface area contributed by atoms with E-state index in [0.717, 1.165) is 0 Å². The molecule has 9 heteroatoms. The number of hydrogen-bond acceptors (Lipinski definition) is 5. The van der Waals surface area contributed by atoms with Crippen molar-refractivity contribution >= 4 is 25.8 Å². The van der Waals surface area contributed by atoms with Crippen molar-refractivity contribution in [3.05, 3.63) is 65.7 Å². The fraction of sp³-hybridized carbons (Fsp3) is 0.350. The lowest BCUT2D eigenvalue weighted by Crippen LogP contribution is -2.50. The molecule has 2 aromatic carbocycles. The number of amides is 1. The molecule has 3 rings (SSSR count). The lowest BCUT2D eigenvalue weighted by atomic mass is 10.1. The summed E-state index contributed by atoms with van der Waals surface area (Å²) in [5.74, 6) is -0.378. The Morgan fingerprint density at radius 3 is 2.17 bits per heavy atom. The maximum Gasteiger partial charge on any atom is 0.253 e. The smallest absolute Gasteiger partial charge is 0.253 e. The van der Waals surface area contributed by atoms with Gasteiger partial charge in [-0.2, -0.15) is 4.31 Å². The number of carbonyl (C=O) groups excluding carboxylic acids is 1. The maximum absolute atomic E-state index is 12.8. The van der Waals surface area contributed by atoms with E-state index >= 15 is 0 Å². The summed E-state index contributed by atoms with van der Waals surface area (Å²) < 4.78 is 50.5. The summed E-state index contributed by atoms with van der Waals surface area (Å²) in [5.41, 5.74) is 0.935. The second-order valence-corrected chi connectivity index (χ2v) is 11.1. The molecule has 1 heterocycles. The molecule has 1 aliphatic rings. The summed E-state index contributed by atoms with van der Waals surface area (Å²) in [6.45, 7) is 2.76. The zero-order chi connectivity index (χ0) is 21.1. The van der Waals surface area contributed by atoms with Gasteiger partial charge in [0.15, 0.2) is 9.84 Å². The van der Waals surface area contributed by atoms with E-state index in [1.165, 1.54) is 4.31 Å². The van der Waals surface area contributed by atoms with Crippen molar-refractivity contribution in [1.29, 1.82) is 0 Å². The van der Waals surface area contributed by atoms with Gasteiger partial charge in [0, 0.05) is 31.7 Å². The van der Waals surface area contributed by atoms with Crippen molar-refractivity contribution in [3.8, 4) is 0 Å². The zero-order valence-corrected chi connectivity index (χ0v) is 17.8. The van der Waals surface area contributed by atoms with E-state index in [9.17, 15) is 21.6 Å². The Labute approximate surface area is 171 Å². The molecule has 0 saturated carbocycles. The molecule has 1 fully saturated rings. The van der Waals surface area contributed by atoms with Gasteiger partial charge < -0.3 is 4.90 Å². The number of rotatable bonds is 6. The van der Waals surface area contributed by atoms with Gasteiger partial charge in [-0.1, -0.05) is 30.3 Å². The van der Waals surface area contributed by atoms with E-state index in [1.54, 1.807) is 66.4 Å². The van der Waals surface area contributed by atoms with Crippen molar-refractivity contribution in [2.45, 2.75) is 17.6 Å². The van der Waals surface area contributed by atoms with Crippen LogP contribution in [0.2, 0.25) is 0 Å². The molecule has 0 bridgehead atoms. The van der Waals surface area contributed by atoms with Crippen molar-refractivity contribution < 1.29 is 21.6 Å². The first-order valence-corrected chi connectivity index (χ1v) is 12.6. The molecule has 0 atom stereocenters. The molecule has 0 unspecified atom stereocenters. The fourth-order valence-corrected chi connectivity index (χ4v) is 5.70. The summed E-state index contributed by atoms with van der Waals surface area (Å²) >= 11 is 0. The zero-order valence-electron chi connectivity index (χ0n) is 16.2. The van der Waals surface area contributed by atoms with Crippen LogP contribution in [-0.2, 0) is 25.6 Å². The van der Waals surface area contributed by atoms with Crippen molar-refractivity contribution in [2.24, 2.45) is 0 Å². The third-order valence-electron chi connectivity index (χ3n) is 4.92. The number of sulfonamides is 1. The van der Waals surface area contributed by atoms with E-state index < -0.39 is 19.9 Å². The molecule has 0 aliphatic carbocycles. The Morgan fingerprint density at radius 1 is 0.897 bits per heavy atom. The Kier molecular flexibility index (Phi) is 6.40. The predicted octanol–water partition coefficient (Wildman–Crippen LogP) is 1.77. The highest BCUT2D eigenvalue weighted by Crippen LogP contribution is 2.18. The van der Waals surface area contributed by atoms with Gasteiger partial charge in [0.2, 0.25) is 10.0 Å². The first kappa shape index (κ1) is 21.5. The molecule has 156 valence electrons. The standard InChI is InChI=1S/C20H24N2O5S2/c1-2-29(26,27)22-13-11-21(12-14-22)20(23)18-8-6-7-17(15-18)16-28(24,25)19-9-4-3-5-10-19/h3-10,15H,2,11-14,16H2,1H3. The minimum atomic E-state index is -3.51. The van der Waals surface area contributed by atoms with E-state index in [0.29, 0.717) is 24.2 Å². The topological polar surface area (TPSA) is 91.8 Å². The van der Waals surface area contributed by atoms with Crippen LogP contribution in [0.15, 0.2) is 59.5 Å². The van der Waals surface area contributed by atoms with Crippen LogP contribution >= 0.6 is 0 Å². The van der Waals surface area contributed by atoms with E-state index in [1.807, 2.05) is 0 Å². The van der Waals surface area contributed by atoms with Crippen LogP contribution in [0.3, 0.4) is 0 Å². The summed E-state index contributed by atoms with van der Waals surface area (Å²) in [4.78, 5) is 14.7. The largest absolute Gasteiger partial charge is 0.336 e. The molecule has 0 aromatic heterocycles.